The average molecular weight is 414 g/mol. The van der Waals surface area contributed by atoms with Gasteiger partial charge in [-0.25, -0.2) is 10.9 Å². The Morgan fingerprint density at radius 2 is 1.87 bits per heavy atom. The van der Waals surface area contributed by atoms with E-state index in [1.807, 2.05) is 42.5 Å². The van der Waals surface area contributed by atoms with Crippen molar-refractivity contribution in [2.75, 3.05) is 20.8 Å². The Morgan fingerprint density at radius 3 is 2.63 bits per heavy atom. The molecule has 1 heterocycles. The lowest BCUT2D eigenvalue weighted by molar-refractivity contribution is -0.123. The van der Waals surface area contributed by atoms with Crippen LogP contribution in [0.3, 0.4) is 0 Å². The molecule has 1 aliphatic rings. The van der Waals surface area contributed by atoms with Gasteiger partial charge in [-0.1, -0.05) is 37.6 Å². The zero-order valence-electron chi connectivity index (χ0n) is 17.9. The number of rotatable bonds is 10. The van der Waals surface area contributed by atoms with E-state index in [1.165, 1.54) is 0 Å². The molecule has 0 bridgehead atoms. The van der Waals surface area contributed by atoms with E-state index in [-0.39, 0.29) is 18.0 Å². The maximum atomic E-state index is 12.7. The first-order valence-corrected chi connectivity index (χ1v) is 10.4. The minimum Gasteiger partial charge on any atom is -0.493 e. The van der Waals surface area contributed by atoms with E-state index in [1.54, 1.807) is 14.2 Å². The van der Waals surface area contributed by atoms with Crippen LogP contribution in [0.25, 0.3) is 0 Å². The van der Waals surface area contributed by atoms with Crippen LogP contribution in [-0.4, -0.2) is 32.8 Å². The van der Waals surface area contributed by atoms with Crippen molar-refractivity contribution >= 4 is 5.91 Å². The molecule has 1 saturated heterocycles. The second-order valence-corrected chi connectivity index (χ2v) is 7.28. The third kappa shape index (κ3) is 5.43. The highest BCUT2D eigenvalue weighted by Crippen LogP contribution is 2.31. The van der Waals surface area contributed by atoms with Crippen molar-refractivity contribution in [1.82, 2.24) is 16.2 Å². The highest BCUT2D eigenvalue weighted by Gasteiger charge is 2.31. The largest absolute Gasteiger partial charge is 0.493 e. The highest BCUT2D eigenvalue weighted by atomic mass is 16.5. The summed E-state index contributed by atoms with van der Waals surface area (Å²) >= 11 is 0. The number of para-hydroxylation sites is 1. The Morgan fingerprint density at radius 1 is 1.07 bits per heavy atom. The van der Waals surface area contributed by atoms with Gasteiger partial charge in [0.2, 0.25) is 5.91 Å². The van der Waals surface area contributed by atoms with Crippen molar-refractivity contribution in [3.8, 4) is 17.2 Å². The van der Waals surface area contributed by atoms with Gasteiger partial charge in [-0.3, -0.25) is 4.79 Å². The molecule has 0 saturated carbocycles. The van der Waals surface area contributed by atoms with Crippen molar-refractivity contribution in [2.24, 2.45) is 0 Å². The van der Waals surface area contributed by atoms with Crippen molar-refractivity contribution < 1.29 is 19.0 Å². The van der Waals surface area contributed by atoms with E-state index in [9.17, 15) is 4.79 Å². The third-order valence-corrected chi connectivity index (χ3v) is 5.18. The van der Waals surface area contributed by atoms with E-state index in [0.29, 0.717) is 31.1 Å². The van der Waals surface area contributed by atoms with E-state index < -0.39 is 0 Å². The molecule has 30 heavy (non-hydrogen) atoms. The van der Waals surface area contributed by atoms with Crippen molar-refractivity contribution in [2.45, 2.75) is 44.8 Å². The van der Waals surface area contributed by atoms with Crippen LogP contribution in [0.4, 0.5) is 0 Å². The molecule has 162 valence electrons. The van der Waals surface area contributed by atoms with Gasteiger partial charge in [0.25, 0.3) is 0 Å². The van der Waals surface area contributed by atoms with E-state index >= 15 is 0 Å². The lowest BCUT2D eigenvalue weighted by Crippen LogP contribution is -2.42. The predicted molar refractivity (Wildman–Crippen MR) is 116 cm³/mol. The number of carbonyl (C=O) groups is 1. The van der Waals surface area contributed by atoms with Crippen LogP contribution in [0.1, 0.15) is 43.4 Å². The van der Waals surface area contributed by atoms with Gasteiger partial charge in [0.05, 0.1) is 26.9 Å². The summed E-state index contributed by atoms with van der Waals surface area (Å²) < 4.78 is 16.5. The molecule has 2 aromatic carbocycles. The molecule has 7 heteroatoms. The van der Waals surface area contributed by atoms with Gasteiger partial charge >= 0.3 is 0 Å². The average Bonchev–Trinajstić information content (AvgIpc) is 3.28. The number of unbranched alkanes of at least 4 members (excludes halogenated alkanes) is 1. The molecule has 2 atom stereocenters. The molecule has 2 aromatic rings. The summed E-state index contributed by atoms with van der Waals surface area (Å²) in [6, 6.07) is 13.3. The maximum absolute atomic E-state index is 12.7. The summed E-state index contributed by atoms with van der Waals surface area (Å²) in [5, 5.41) is 2.99. The zero-order chi connectivity index (χ0) is 21.3. The maximum Gasteiger partial charge on any atom is 0.238 e. The number of amides is 1. The molecule has 3 N–H and O–H groups in total. The number of hydrazine groups is 1. The zero-order valence-corrected chi connectivity index (χ0v) is 17.9. The number of nitrogens with one attached hydrogen (secondary N) is 3. The Bertz CT molecular complexity index is 843. The second-order valence-electron chi connectivity index (χ2n) is 7.28. The van der Waals surface area contributed by atoms with E-state index in [4.69, 9.17) is 14.2 Å². The van der Waals surface area contributed by atoms with Gasteiger partial charge < -0.3 is 19.5 Å². The Hall–Kier alpha value is -2.77. The first kappa shape index (κ1) is 21.9. The van der Waals surface area contributed by atoms with Gasteiger partial charge in [-0.05, 0) is 36.6 Å². The minimum atomic E-state index is -0.321. The molecular weight excluding hydrogens is 382 g/mol. The Balaban J connectivity index is 1.56. The number of hydrogen-bond acceptors (Lipinski definition) is 6. The van der Waals surface area contributed by atoms with Crippen LogP contribution in [0.15, 0.2) is 42.5 Å². The summed E-state index contributed by atoms with van der Waals surface area (Å²) in [7, 11) is 3.19. The fourth-order valence-corrected chi connectivity index (χ4v) is 3.46. The number of ether oxygens (including phenoxy) is 3. The highest BCUT2D eigenvalue weighted by molar-refractivity contribution is 5.82. The number of methoxy groups -OCH3 is 2. The topological polar surface area (TPSA) is 80.9 Å². The van der Waals surface area contributed by atoms with Crippen LogP contribution in [0.2, 0.25) is 0 Å². The summed E-state index contributed by atoms with van der Waals surface area (Å²) in [4.78, 5) is 12.7. The lowest BCUT2D eigenvalue weighted by atomic mass is 10.0. The van der Waals surface area contributed by atoms with Crippen LogP contribution in [0.5, 0.6) is 17.2 Å². The normalized spacial score (nSPS) is 18.1. The van der Waals surface area contributed by atoms with Crippen LogP contribution in [0, 0.1) is 0 Å². The van der Waals surface area contributed by atoms with Crippen molar-refractivity contribution in [3.05, 3.63) is 53.6 Å². The van der Waals surface area contributed by atoms with Crippen molar-refractivity contribution in [1.29, 1.82) is 0 Å². The molecule has 0 aromatic heterocycles. The first-order chi connectivity index (χ1) is 14.7. The summed E-state index contributed by atoms with van der Waals surface area (Å²) in [5.74, 6) is 2.13. The second kappa shape index (κ2) is 10.8. The SMILES string of the molecule is CCCCOc1ccccc1C1CC(C(=O)NCc2ccc(OC)c(OC)c2)NN1. The quantitative estimate of drug-likeness (QED) is 0.520. The van der Waals surface area contributed by atoms with Gasteiger partial charge in [-0.2, -0.15) is 0 Å². The van der Waals surface area contributed by atoms with Gasteiger partial charge in [-0.15, -0.1) is 0 Å². The lowest BCUT2D eigenvalue weighted by Gasteiger charge is -2.16. The monoisotopic (exact) mass is 413 g/mol. The number of benzene rings is 2. The predicted octanol–water partition coefficient (Wildman–Crippen LogP) is 3.11. The van der Waals surface area contributed by atoms with Gasteiger partial charge in [0, 0.05) is 12.1 Å². The molecule has 0 spiro atoms. The fourth-order valence-electron chi connectivity index (χ4n) is 3.46. The Kier molecular flexibility index (Phi) is 7.93. The Labute approximate surface area is 178 Å². The molecule has 2 unspecified atom stereocenters. The summed E-state index contributed by atoms with van der Waals surface area (Å²) in [6.07, 6.45) is 2.76. The van der Waals surface area contributed by atoms with Crippen LogP contribution >= 0.6 is 0 Å². The summed E-state index contributed by atoms with van der Waals surface area (Å²) in [6.45, 7) is 3.25. The van der Waals surface area contributed by atoms with E-state index in [0.717, 1.165) is 29.7 Å². The van der Waals surface area contributed by atoms with Gasteiger partial charge in [0.15, 0.2) is 11.5 Å². The van der Waals surface area contributed by atoms with E-state index in [2.05, 4.69) is 23.1 Å². The molecule has 0 radical (unpaired) electrons. The molecule has 1 aliphatic heterocycles. The molecule has 1 amide bonds. The fraction of sp³-hybridized carbons (Fsp3) is 0.435. The minimum absolute atomic E-state index is 0.0136. The third-order valence-electron chi connectivity index (χ3n) is 5.18. The molecule has 0 aliphatic carbocycles. The van der Waals surface area contributed by atoms with Crippen molar-refractivity contribution in [3.63, 3.8) is 0 Å². The molecular formula is C23H31N3O4. The molecule has 7 nitrogen and oxygen atoms in total. The first-order valence-electron chi connectivity index (χ1n) is 10.4. The van der Waals surface area contributed by atoms with Gasteiger partial charge in [0.1, 0.15) is 11.8 Å². The molecule has 3 rings (SSSR count). The number of carbonyl (C=O) groups excluding carboxylic acids is 1. The number of hydrogen-bond donors (Lipinski definition) is 3. The van der Waals surface area contributed by atoms with Crippen LogP contribution in [-0.2, 0) is 11.3 Å². The standard InChI is InChI=1S/C23H31N3O4/c1-4-5-12-30-20-9-7-6-8-17(20)18-14-19(26-25-18)23(27)24-15-16-10-11-21(28-2)22(13-16)29-3/h6-11,13,18-19,25-26H,4-5,12,14-15H2,1-3H3,(H,24,27). The molecule has 1 fully saturated rings. The summed E-state index contributed by atoms with van der Waals surface area (Å²) in [5.41, 5.74) is 8.36. The van der Waals surface area contributed by atoms with Crippen LogP contribution < -0.4 is 30.4 Å². The smallest absolute Gasteiger partial charge is 0.238 e.